The molecular weight excluding hydrogens is 435 g/mol. The van der Waals surface area contributed by atoms with Gasteiger partial charge in [-0.05, 0) is 43.2 Å². The molecule has 2 fully saturated rings. The smallest absolute Gasteiger partial charge is 0.227 e. The van der Waals surface area contributed by atoms with Crippen LogP contribution in [0.5, 0.6) is 0 Å². The van der Waals surface area contributed by atoms with E-state index in [0.29, 0.717) is 19.1 Å². The quantitative estimate of drug-likeness (QED) is 0.718. The summed E-state index contributed by atoms with van der Waals surface area (Å²) in [4.78, 5) is 31.6. The second-order valence-electron chi connectivity index (χ2n) is 9.00. The third kappa shape index (κ3) is 6.13. The minimum Gasteiger partial charge on any atom is -0.341 e. The van der Waals surface area contributed by atoms with Gasteiger partial charge in [0, 0.05) is 58.3 Å². The Hall–Kier alpha value is -1.34. The van der Waals surface area contributed by atoms with Crippen LogP contribution in [-0.4, -0.2) is 77.9 Å². The first-order valence-corrected chi connectivity index (χ1v) is 11.1. The number of nitrogens with zero attached hydrogens (tertiary/aromatic N) is 3. The summed E-state index contributed by atoms with van der Waals surface area (Å²) in [5, 5.41) is 0. The van der Waals surface area contributed by atoms with Crippen molar-refractivity contribution in [3.8, 4) is 0 Å². The summed E-state index contributed by atoms with van der Waals surface area (Å²) in [6.45, 7) is 6.24. The van der Waals surface area contributed by atoms with Crippen molar-refractivity contribution < 1.29 is 9.59 Å². The number of amides is 2. The van der Waals surface area contributed by atoms with Crippen LogP contribution in [0.1, 0.15) is 37.3 Å². The number of benzene rings is 1. The molecule has 8 heteroatoms. The predicted octanol–water partition coefficient (Wildman–Crippen LogP) is 2.12. The molecule has 0 unspecified atom stereocenters. The third-order valence-electron chi connectivity index (χ3n) is 6.96. The normalized spacial score (nSPS) is 25.0. The molecule has 1 aliphatic carbocycles. The van der Waals surface area contributed by atoms with E-state index >= 15 is 0 Å². The molecule has 0 saturated carbocycles. The number of halogens is 2. The van der Waals surface area contributed by atoms with E-state index in [1.54, 1.807) is 11.8 Å². The Morgan fingerprint density at radius 3 is 2.23 bits per heavy atom. The summed E-state index contributed by atoms with van der Waals surface area (Å²) < 4.78 is 0. The molecule has 3 aliphatic rings. The maximum absolute atomic E-state index is 13.3. The first-order valence-electron chi connectivity index (χ1n) is 11.1. The summed E-state index contributed by atoms with van der Waals surface area (Å²) in [6.07, 6.45) is 4.85. The van der Waals surface area contributed by atoms with Gasteiger partial charge in [-0.1, -0.05) is 24.3 Å². The summed E-state index contributed by atoms with van der Waals surface area (Å²) in [5.41, 5.74) is 9.09. The number of likely N-dealkylation sites (tertiary alicyclic amines) is 1. The zero-order valence-corrected chi connectivity index (χ0v) is 20.0. The maximum Gasteiger partial charge on any atom is 0.227 e. The Kier molecular flexibility index (Phi) is 9.62. The lowest BCUT2D eigenvalue weighted by molar-refractivity contribution is -0.137. The van der Waals surface area contributed by atoms with Crippen LogP contribution in [0.15, 0.2) is 24.3 Å². The lowest BCUT2D eigenvalue weighted by atomic mass is 10.0. The Morgan fingerprint density at radius 1 is 0.903 bits per heavy atom. The second kappa shape index (κ2) is 11.5. The van der Waals surface area contributed by atoms with Crippen LogP contribution in [0, 0.1) is 5.92 Å². The lowest BCUT2D eigenvalue weighted by Crippen LogP contribution is -2.45. The number of carbonyl (C=O) groups excluding carboxylic acids is 2. The summed E-state index contributed by atoms with van der Waals surface area (Å²) in [5.74, 6) is 0.111. The first kappa shape index (κ1) is 25.9. The zero-order chi connectivity index (χ0) is 20.4. The monoisotopic (exact) mass is 470 g/mol. The SMILES string of the molecule is CC(=O)N1C[C@@H](N)CC[C@@H](C(=O)N2CCCN(C3Cc4ccccc4C3)CC2)C1.Cl.Cl. The molecule has 1 aromatic carbocycles. The molecule has 174 valence electrons. The fraction of sp³-hybridized carbons (Fsp3) is 0.652. The van der Waals surface area contributed by atoms with Gasteiger partial charge >= 0.3 is 0 Å². The van der Waals surface area contributed by atoms with Crippen molar-refractivity contribution in [1.82, 2.24) is 14.7 Å². The highest BCUT2D eigenvalue weighted by Crippen LogP contribution is 2.26. The van der Waals surface area contributed by atoms with Gasteiger partial charge in [0.2, 0.25) is 11.8 Å². The van der Waals surface area contributed by atoms with Crippen molar-refractivity contribution in [3.05, 3.63) is 35.4 Å². The van der Waals surface area contributed by atoms with Crippen LogP contribution in [0.25, 0.3) is 0 Å². The minimum absolute atomic E-state index is 0. The molecule has 2 saturated heterocycles. The minimum atomic E-state index is -0.116. The fourth-order valence-electron chi connectivity index (χ4n) is 5.26. The van der Waals surface area contributed by atoms with E-state index in [2.05, 4.69) is 29.2 Å². The molecule has 0 aromatic heterocycles. The van der Waals surface area contributed by atoms with Gasteiger partial charge in [0.15, 0.2) is 0 Å². The van der Waals surface area contributed by atoms with Gasteiger partial charge < -0.3 is 15.5 Å². The van der Waals surface area contributed by atoms with Crippen LogP contribution in [-0.2, 0) is 22.4 Å². The Balaban J connectivity index is 0.00000171. The standard InChI is InChI=1S/C23H34N4O2.2ClH/c1-17(28)27-15-20(7-8-21(24)16-27)23(29)26-10-4-9-25(11-12-26)22-13-18-5-2-3-6-19(18)14-22;;/h2-3,5-6,20-22H,4,7-16,24H2,1H3;2*1H/t20-,21+;;/m1../s1. The lowest BCUT2D eigenvalue weighted by Gasteiger charge is -2.29. The highest BCUT2D eigenvalue weighted by molar-refractivity contribution is 5.85. The van der Waals surface area contributed by atoms with Gasteiger partial charge in [-0.2, -0.15) is 0 Å². The number of carbonyl (C=O) groups is 2. The van der Waals surface area contributed by atoms with Crippen molar-refractivity contribution in [3.63, 3.8) is 0 Å². The number of fused-ring (bicyclic) bond motifs is 1. The van der Waals surface area contributed by atoms with E-state index in [1.807, 2.05) is 4.90 Å². The molecule has 31 heavy (non-hydrogen) atoms. The van der Waals surface area contributed by atoms with Crippen molar-refractivity contribution in [1.29, 1.82) is 0 Å². The molecule has 2 aliphatic heterocycles. The van der Waals surface area contributed by atoms with Gasteiger partial charge in [0.1, 0.15) is 0 Å². The topological polar surface area (TPSA) is 69.9 Å². The van der Waals surface area contributed by atoms with Crippen LogP contribution in [0.3, 0.4) is 0 Å². The molecule has 2 atom stereocenters. The maximum atomic E-state index is 13.3. The molecule has 2 heterocycles. The largest absolute Gasteiger partial charge is 0.341 e. The van der Waals surface area contributed by atoms with E-state index in [0.717, 1.165) is 58.3 Å². The Morgan fingerprint density at radius 2 is 1.58 bits per heavy atom. The first-order chi connectivity index (χ1) is 14.0. The molecule has 0 spiro atoms. The van der Waals surface area contributed by atoms with Gasteiger partial charge in [-0.15, -0.1) is 24.8 Å². The van der Waals surface area contributed by atoms with Gasteiger partial charge in [0.05, 0.1) is 5.92 Å². The molecule has 1 aromatic rings. The highest BCUT2D eigenvalue weighted by Gasteiger charge is 2.33. The van der Waals surface area contributed by atoms with Crippen molar-refractivity contribution in [2.75, 3.05) is 39.3 Å². The fourth-order valence-corrected chi connectivity index (χ4v) is 5.26. The summed E-state index contributed by atoms with van der Waals surface area (Å²) >= 11 is 0. The molecule has 4 rings (SSSR count). The Labute approximate surface area is 198 Å². The van der Waals surface area contributed by atoms with Gasteiger partial charge in [-0.3, -0.25) is 14.5 Å². The molecule has 0 radical (unpaired) electrons. The van der Waals surface area contributed by atoms with E-state index in [-0.39, 0.29) is 48.6 Å². The van der Waals surface area contributed by atoms with Gasteiger partial charge in [0.25, 0.3) is 0 Å². The number of rotatable bonds is 2. The molecule has 2 N–H and O–H groups in total. The van der Waals surface area contributed by atoms with Crippen LogP contribution < -0.4 is 5.73 Å². The zero-order valence-electron chi connectivity index (χ0n) is 18.4. The van der Waals surface area contributed by atoms with Gasteiger partial charge in [-0.25, -0.2) is 0 Å². The highest BCUT2D eigenvalue weighted by atomic mass is 35.5. The number of hydrogen-bond acceptors (Lipinski definition) is 4. The van der Waals surface area contributed by atoms with E-state index in [1.165, 1.54) is 11.1 Å². The average Bonchev–Trinajstić information content (AvgIpc) is 2.86. The van der Waals surface area contributed by atoms with Crippen molar-refractivity contribution in [2.24, 2.45) is 11.7 Å². The van der Waals surface area contributed by atoms with E-state index < -0.39 is 0 Å². The summed E-state index contributed by atoms with van der Waals surface area (Å²) in [6, 6.07) is 9.30. The predicted molar refractivity (Wildman–Crippen MR) is 128 cm³/mol. The number of hydrogen-bond donors (Lipinski definition) is 1. The Bertz CT molecular complexity index is 738. The van der Waals surface area contributed by atoms with E-state index in [4.69, 9.17) is 5.73 Å². The number of nitrogens with two attached hydrogens (primary N) is 1. The average molecular weight is 471 g/mol. The van der Waals surface area contributed by atoms with Crippen molar-refractivity contribution in [2.45, 2.75) is 51.1 Å². The van der Waals surface area contributed by atoms with Crippen LogP contribution in [0.2, 0.25) is 0 Å². The molecular formula is C23H36Cl2N4O2. The third-order valence-corrected chi connectivity index (χ3v) is 6.96. The molecule has 2 amide bonds. The molecule has 0 bridgehead atoms. The van der Waals surface area contributed by atoms with E-state index in [9.17, 15) is 9.59 Å². The van der Waals surface area contributed by atoms with Crippen LogP contribution in [0.4, 0.5) is 0 Å². The summed E-state index contributed by atoms with van der Waals surface area (Å²) in [7, 11) is 0. The molecule has 6 nitrogen and oxygen atoms in total. The second-order valence-corrected chi connectivity index (χ2v) is 9.00. The van der Waals surface area contributed by atoms with Crippen LogP contribution >= 0.6 is 24.8 Å². The van der Waals surface area contributed by atoms with Crippen molar-refractivity contribution >= 4 is 36.6 Å².